The average Bonchev–Trinajstić information content (AvgIpc) is 2.47. The van der Waals surface area contributed by atoms with Crippen molar-refractivity contribution in [2.24, 2.45) is 0 Å². The highest BCUT2D eigenvalue weighted by atomic mass is 32.1. The summed E-state index contributed by atoms with van der Waals surface area (Å²) >= 11 is 1.76. The Balaban J connectivity index is 2.47. The summed E-state index contributed by atoms with van der Waals surface area (Å²) in [6.07, 6.45) is 0. The number of alkyl halides is 1. The Morgan fingerprint density at radius 3 is 2.83 bits per heavy atom. The Kier molecular flexibility index (Phi) is 3.69. The van der Waals surface area contributed by atoms with Gasteiger partial charge < -0.3 is 5.32 Å². The number of thiophene rings is 1. The maximum Gasteiger partial charge on any atom is 0.102 e. The van der Waals surface area contributed by atoms with E-state index in [0.29, 0.717) is 6.54 Å². The summed E-state index contributed by atoms with van der Waals surface area (Å²) < 4.78 is 11.8. The Labute approximate surface area is 76.6 Å². The second-order valence-electron chi connectivity index (χ2n) is 2.81. The Morgan fingerprint density at radius 1 is 1.58 bits per heavy atom. The Bertz CT molecular complexity index is 234. The van der Waals surface area contributed by atoms with Crippen molar-refractivity contribution < 1.29 is 4.39 Å². The molecular weight excluding hydrogens is 173 g/mol. The van der Waals surface area contributed by atoms with Crippen molar-refractivity contribution in [2.75, 3.05) is 13.2 Å². The first-order valence-electron chi connectivity index (χ1n) is 4.09. The van der Waals surface area contributed by atoms with Gasteiger partial charge in [-0.05, 0) is 26.0 Å². The molecule has 1 atom stereocenters. The van der Waals surface area contributed by atoms with Crippen molar-refractivity contribution in [1.82, 2.24) is 5.32 Å². The van der Waals surface area contributed by atoms with Gasteiger partial charge in [-0.3, -0.25) is 0 Å². The Morgan fingerprint density at radius 2 is 2.33 bits per heavy atom. The largest absolute Gasteiger partial charge is 0.307 e. The van der Waals surface area contributed by atoms with Crippen LogP contribution in [0.1, 0.15) is 22.7 Å². The Hall–Kier alpha value is -0.410. The summed E-state index contributed by atoms with van der Waals surface area (Å²) in [6, 6.07) is 4.46. The first kappa shape index (κ1) is 9.68. The average molecular weight is 187 g/mol. The number of hydrogen-bond donors (Lipinski definition) is 1. The highest BCUT2D eigenvalue weighted by Gasteiger charge is 2.05. The SMILES string of the molecule is Cc1ccc(C(C)NCCF)s1. The standard InChI is InChI=1S/C9H14FNS/c1-7-3-4-9(12-7)8(2)11-6-5-10/h3-4,8,11H,5-6H2,1-2H3. The molecule has 0 bridgehead atoms. The van der Waals surface area contributed by atoms with Gasteiger partial charge in [0.2, 0.25) is 0 Å². The normalized spacial score (nSPS) is 13.2. The van der Waals surface area contributed by atoms with E-state index in [1.165, 1.54) is 9.75 Å². The third-order valence-electron chi connectivity index (χ3n) is 1.73. The molecule has 1 rings (SSSR count). The van der Waals surface area contributed by atoms with E-state index in [4.69, 9.17) is 0 Å². The molecule has 0 saturated carbocycles. The van der Waals surface area contributed by atoms with Crippen molar-refractivity contribution in [3.05, 3.63) is 21.9 Å². The maximum absolute atomic E-state index is 11.8. The van der Waals surface area contributed by atoms with E-state index in [1.807, 2.05) is 0 Å². The van der Waals surface area contributed by atoms with Crippen LogP contribution in [0.4, 0.5) is 4.39 Å². The summed E-state index contributed by atoms with van der Waals surface area (Å²) in [6.45, 7) is 4.28. The molecule has 1 unspecified atom stereocenters. The van der Waals surface area contributed by atoms with E-state index < -0.39 is 0 Å². The molecule has 0 amide bonds. The predicted octanol–water partition coefficient (Wildman–Crippen LogP) is 2.68. The van der Waals surface area contributed by atoms with Gasteiger partial charge in [-0.25, -0.2) is 4.39 Å². The van der Waals surface area contributed by atoms with Gasteiger partial charge in [0, 0.05) is 22.3 Å². The zero-order valence-corrected chi connectivity index (χ0v) is 8.25. The van der Waals surface area contributed by atoms with Gasteiger partial charge in [-0.2, -0.15) is 0 Å². The lowest BCUT2D eigenvalue weighted by molar-refractivity contribution is 0.446. The third kappa shape index (κ3) is 2.57. The van der Waals surface area contributed by atoms with Crippen molar-refractivity contribution in [1.29, 1.82) is 0 Å². The summed E-state index contributed by atoms with van der Waals surface area (Å²) in [5, 5.41) is 3.10. The molecule has 0 saturated heterocycles. The van der Waals surface area contributed by atoms with Crippen molar-refractivity contribution in [3.63, 3.8) is 0 Å². The van der Waals surface area contributed by atoms with Gasteiger partial charge in [0.05, 0.1) is 0 Å². The van der Waals surface area contributed by atoms with Crippen LogP contribution in [0.2, 0.25) is 0 Å². The summed E-state index contributed by atoms with van der Waals surface area (Å²) in [5.74, 6) is 0. The summed E-state index contributed by atoms with van der Waals surface area (Å²) in [5.41, 5.74) is 0. The zero-order chi connectivity index (χ0) is 8.97. The van der Waals surface area contributed by atoms with E-state index in [2.05, 4.69) is 31.3 Å². The van der Waals surface area contributed by atoms with E-state index >= 15 is 0 Å². The first-order chi connectivity index (χ1) is 5.74. The van der Waals surface area contributed by atoms with Crippen LogP contribution < -0.4 is 5.32 Å². The van der Waals surface area contributed by atoms with Gasteiger partial charge in [0.1, 0.15) is 6.67 Å². The maximum atomic E-state index is 11.8. The van der Waals surface area contributed by atoms with Gasteiger partial charge in [-0.1, -0.05) is 0 Å². The van der Waals surface area contributed by atoms with Crippen LogP contribution in [0.3, 0.4) is 0 Å². The fourth-order valence-corrected chi connectivity index (χ4v) is 1.96. The van der Waals surface area contributed by atoms with Crippen LogP contribution >= 0.6 is 11.3 Å². The molecule has 1 aromatic rings. The molecular formula is C9H14FNS. The molecule has 1 N–H and O–H groups in total. The molecule has 1 heterocycles. The van der Waals surface area contributed by atoms with Crippen LogP contribution in [0.15, 0.2) is 12.1 Å². The molecule has 3 heteroatoms. The highest BCUT2D eigenvalue weighted by Crippen LogP contribution is 2.21. The molecule has 0 aliphatic heterocycles. The van der Waals surface area contributed by atoms with Crippen LogP contribution in [0.5, 0.6) is 0 Å². The molecule has 12 heavy (non-hydrogen) atoms. The lowest BCUT2D eigenvalue weighted by Crippen LogP contribution is -2.20. The molecule has 68 valence electrons. The van der Waals surface area contributed by atoms with Crippen LogP contribution in [0.25, 0.3) is 0 Å². The molecule has 1 aromatic heterocycles. The lowest BCUT2D eigenvalue weighted by Gasteiger charge is -2.09. The van der Waals surface area contributed by atoms with Crippen LogP contribution in [0, 0.1) is 6.92 Å². The molecule has 0 aliphatic rings. The fraction of sp³-hybridized carbons (Fsp3) is 0.556. The van der Waals surface area contributed by atoms with E-state index in [1.54, 1.807) is 11.3 Å². The van der Waals surface area contributed by atoms with Crippen molar-refractivity contribution >= 4 is 11.3 Å². The van der Waals surface area contributed by atoms with Gasteiger partial charge in [-0.15, -0.1) is 11.3 Å². The van der Waals surface area contributed by atoms with Crippen LogP contribution in [-0.2, 0) is 0 Å². The quantitative estimate of drug-likeness (QED) is 0.764. The topological polar surface area (TPSA) is 12.0 Å². The molecule has 0 aromatic carbocycles. The number of rotatable bonds is 4. The van der Waals surface area contributed by atoms with Gasteiger partial charge in [0.25, 0.3) is 0 Å². The third-order valence-corrected chi connectivity index (χ3v) is 2.92. The van der Waals surface area contributed by atoms with E-state index in [0.717, 1.165) is 0 Å². The molecule has 0 spiro atoms. The summed E-state index contributed by atoms with van der Waals surface area (Å²) in [7, 11) is 0. The lowest BCUT2D eigenvalue weighted by atomic mass is 10.3. The minimum absolute atomic E-state index is 0.277. The highest BCUT2D eigenvalue weighted by molar-refractivity contribution is 7.12. The van der Waals surface area contributed by atoms with Crippen molar-refractivity contribution in [2.45, 2.75) is 19.9 Å². The van der Waals surface area contributed by atoms with Gasteiger partial charge >= 0.3 is 0 Å². The second-order valence-corrected chi connectivity index (χ2v) is 4.13. The predicted molar refractivity (Wildman–Crippen MR) is 51.4 cm³/mol. The van der Waals surface area contributed by atoms with Gasteiger partial charge in [0.15, 0.2) is 0 Å². The second kappa shape index (κ2) is 4.58. The number of hydrogen-bond acceptors (Lipinski definition) is 2. The summed E-state index contributed by atoms with van der Waals surface area (Å²) in [4.78, 5) is 2.58. The molecule has 0 fully saturated rings. The molecule has 1 nitrogen and oxygen atoms in total. The first-order valence-corrected chi connectivity index (χ1v) is 4.91. The molecule has 0 aliphatic carbocycles. The van der Waals surface area contributed by atoms with E-state index in [-0.39, 0.29) is 12.7 Å². The molecule has 0 radical (unpaired) electrons. The minimum atomic E-state index is -0.297. The van der Waals surface area contributed by atoms with Crippen LogP contribution in [-0.4, -0.2) is 13.2 Å². The number of halogens is 1. The monoisotopic (exact) mass is 187 g/mol. The van der Waals surface area contributed by atoms with Crippen molar-refractivity contribution in [3.8, 4) is 0 Å². The minimum Gasteiger partial charge on any atom is -0.307 e. The van der Waals surface area contributed by atoms with E-state index in [9.17, 15) is 4.39 Å². The zero-order valence-electron chi connectivity index (χ0n) is 7.43. The number of aryl methyl sites for hydroxylation is 1. The fourth-order valence-electron chi connectivity index (χ4n) is 1.06. The number of nitrogens with one attached hydrogen (secondary N) is 1. The smallest absolute Gasteiger partial charge is 0.102 e.